The highest BCUT2D eigenvalue weighted by Crippen LogP contribution is 2.27. The number of hydrogen-bond acceptors (Lipinski definition) is 7. The highest BCUT2D eigenvalue weighted by atomic mass is 16.5. The van der Waals surface area contributed by atoms with Crippen LogP contribution in [0.4, 0.5) is 0 Å². The third kappa shape index (κ3) is 6.33. The van der Waals surface area contributed by atoms with Gasteiger partial charge in [-0.25, -0.2) is 4.98 Å². The second kappa shape index (κ2) is 12.4. The van der Waals surface area contributed by atoms with Crippen LogP contribution in [0.3, 0.4) is 0 Å². The number of fused-ring (bicyclic) bond motifs is 1. The van der Waals surface area contributed by atoms with Gasteiger partial charge in [-0.2, -0.15) is 0 Å². The van der Waals surface area contributed by atoms with E-state index in [1.165, 1.54) is 7.11 Å². The van der Waals surface area contributed by atoms with E-state index < -0.39 is 12.1 Å². The van der Waals surface area contributed by atoms with Crippen LogP contribution in [0.2, 0.25) is 0 Å². The van der Waals surface area contributed by atoms with E-state index in [0.717, 1.165) is 0 Å². The molecule has 9 nitrogen and oxygen atoms in total. The van der Waals surface area contributed by atoms with Gasteiger partial charge < -0.3 is 29.1 Å². The van der Waals surface area contributed by atoms with Crippen molar-refractivity contribution < 1.29 is 28.9 Å². The molecule has 1 aromatic carbocycles. The molecule has 36 heavy (non-hydrogen) atoms. The Balaban J connectivity index is 1.98. The van der Waals surface area contributed by atoms with E-state index in [9.17, 15) is 14.7 Å². The van der Waals surface area contributed by atoms with Gasteiger partial charge in [-0.15, -0.1) is 0 Å². The number of aliphatic hydroxyl groups is 1. The Hall–Kier alpha value is -3.61. The van der Waals surface area contributed by atoms with Crippen LogP contribution in [-0.4, -0.2) is 91.4 Å². The fourth-order valence-corrected chi connectivity index (χ4v) is 3.88. The lowest BCUT2D eigenvalue weighted by Gasteiger charge is -2.37. The quantitative estimate of drug-likeness (QED) is 0.585. The molecule has 0 radical (unpaired) electrons. The summed E-state index contributed by atoms with van der Waals surface area (Å²) in [6, 6.07) is 8.64. The molecule has 1 aliphatic rings. The third-order valence-electron chi connectivity index (χ3n) is 6.12. The van der Waals surface area contributed by atoms with Crippen molar-refractivity contribution in [3.63, 3.8) is 0 Å². The van der Waals surface area contributed by atoms with E-state index in [-0.39, 0.29) is 48.9 Å². The normalized spacial score (nSPS) is 18.1. The van der Waals surface area contributed by atoms with Crippen molar-refractivity contribution in [2.75, 3.05) is 47.6 Å². The largest absolute Gasteiger partial charge is 0.495 e. The summed E-state index contributed by atoms with van der Waals surface area (Å²) in [5, 5.41) is 9.82. The Kier molecular flexibility index (Phi) is 9.28. The summed E-state index contributed by atoms with van der Waals surface area (Å²) in [5.41, 5.74) is 1.50. The van der Waals surface area contributed by atoms with Gasteiger partial charge in [0.1, 0.15) is 24.0 Å². The predicted octanol–water partition coefficient (Wildman–Crippen LogP) is 1.81. The van der Waals surface area contributed by atoms with Gasteiger partial charge in [-0.05, 0) is 25.1 Å². The molecule has 0 spiro atoms. The molecule has 1 aliphatic heterocycles. The van der Waals surface area contributed by atoms with Crippen molar-refractivity contribution in [3.05, 3.63) is 53.2 Å². The number of pyridine rings is 1. The number of hydrogen-bond donors (Lipinski definition) is 1. The van der Waals surface area contributed by atoms with Crippen LogP contribution in [0.25, 0.3) is 0 Å². The maximum atomic E-state index is 13.5. The summed E-state index contributed by atoms with van der Waals surface area (Å²) in [6.07, 6.45) is 1.12. The molecule has 2 heterocycles. The number of benzene rings is 1. The fraction of sp³-hybridized carbons (Fsp3) is 0.444. The van der Waals surface area contributed by atoms with Crippen molar-refractivity contribution in [2.24, 2.45) is 5.92 Å². The van der Waals surface area contributed by atoms with Crippen LogP contribution in [0, 0.1) is 17.8 Å². The lowest BCUT2D eigenvalue weighted by molar-refractivity contribution is -0.135. The first-order valence-corrected chi connectivity index (χ1v) is 11.8. The molecule has 1 N–H and O–H groups in total. The van der Waals surface area contributed by atoms with E-state index in [4.69, 9.17) is 14.2 Å². The Morgan fingerprint density at radius 2 is 2.08 bits per heavy atom. The average molecular weight is 496 g/mol. The molecular weight excluding hydrogens is 462 g/mol. The predicted molar refractivity (Wildman–Crippen MR) is 134 cm³/mol. The Morgan fingerprint density at radius 3 is 2.78 bits per heavy atom. The molecule has 192 valence electrons. The minimum Gasteiger partial charge on any atom is -0.495 e. The van der Waals surface area contributed by atoms with E-state index in [1.54, 1.807) is 43.1 Å². The van der Waals surface area contributed by atoms with E-state index in [0.29, 0.717) is 23.4 Å². The van der Waals surface area contributed by atoms with Crippen molar-refractivity contribution in [1.82, 2.24) is 14.8 Å². The first-order chi connectivity index (χ1) is 17.3. The fourth-order valence-electron chi connectivity index (χ4n) is 3.88. The highest BCUT2D eigenvalue weighted by Gasteiger charge is 2.34. The Bertz CT molecular complexity index is 1140. The molecule has 0 saturated carbocycles. The Morgan fingerprint density at radius 1 is 1.33 bits per heavy atom. The van der Waals surface area contributed by atoms with Crippen LogP contribution < -0.4 is 9.47 Å². The van der Waals surface area contributed by atoms with Gasteiger partial charge in [0.05, 0.1) is 31.9 Å². The monoisotopic (exact) mass is 495 g/mol. The second-order valence-electron chi connectivity index (χ2n) is 8.86. The minimum absolute atomic E-state index is 0.0349. The van der Waals surface area contributed by atoms with Crippen LogP contribution in [0.15, 0.2) is 36.5 Å². The van der Waals surface area contributed by atoms with Crippen LogP contribution in [-0.2, 0) is 9.53 Å². The van der Waals surface area contributed by atoms with Crippen LogP contribution in [0.1, 0.15) is 35.3 Å². The van der Waals surface area contributed by atoms with Gasteiger partial charge in [-0.1, -0.05) is 30.9 Å². The highest BCUT2D eigenvalue weighted by molar-refractivity contribution is 5.97. The number of rotatable bonds is 7. The van der Waals surface area contributed by atoms with E-state index in [2.05, 4.69) is 16.8 Å². The average Bonchev–Trinajstić information content (AvgIpc) is 2.89. The SMILES string of the molecule is COCC(=O)N(C)C[C@@H]1Oc2ncc(C#Cc3ccccc3OC)cc2C(=O)N([C@@H](C)CO)C[C@H]1C. The smallest absolute Gasteiger partial charge is 0.259 e. The molecule has 1 aromatic heterocycles. The molecule has 0 fully saturated rings. The number of aliphatic hydroxyl groups excluding tert-OH is 1. The maximum Gasteiger partial charge on any atom is 0.259 e. The summed E-state index contributed by atoms with van der Waals surface area (Å²) in [6.45, 7) is 4.14. The van der Waals surface area contributed by atoms with Crippen molar-refractivity contribution in [1.29, 1.82) is 0 Å². The summed E-state index contributed by atoms with van der Waals surface area (Å²) in [7, 11) is 4.73. The minimum atomic E-state index is -0.436. The number of methoxy groups -OCH3 is 2. The van der Waals surface area contributed by atoms with Crippen molar-refractivity contribution in [3.8, 4) is 23.5 Å². The molecule has 0 bridgehead atoms. The van der Waals surface area contributed by atoms with Gasteiger partial charge in [0.15, 0.2) is 0 Å². The topological polar surface area (TPSA) is 101 Å². The van der Waals surface area contributed by atoms with Gasteiger partial charge >= 0.3 is 0 Å². The van der Waals surface area contributed by atoms with Crippen molar-refractivity contribution >= 4 is 11.8 Å². The lowest BCUT2D eigenvalue weighted by atomic mass is 10.00. The number of nitrogens with zero attached hydrogens (tertiary/aromatic N) is 3. The summed E-state index contributed by atoms with van der Waals surface area (Å²) < 4.78 is 16.5. The number of likely N-dealkylation sites (N-methyl/N-ethyl adjacent to an activating group) is 1. The number of ether oxygens (including phenoxy) is 3. The number of para-hydroxylation sites is 1. The first-order valence-electron chi connectivity index (χ1n) is 11.8. The first kappa shape index (κ1) is 27.0. The zero-order valence-corrected chi connectivity index (χ0v) is 21.4. The molecule has 0 aliphatic carbocycles. The number of amides is 2. The summed E-state index contributed by atoms with van der Waals surface area (Å²) >= 11 is 0. The molecule has 2 amide bonds. The molecule has 9 heteroatoms. The Labute approximate surface area is 212 Å². The zero-order valence-electron chi connectivity index (χ0n) is 21.4. The summed E-state index contributed by atoms with van der Waals surface area (Å²) in [4.78, 5) is 33.4. The van der Waals surface area contributed by atoms with E-state index in [1.807, 2.05) is 31.2 Å². The number of carbonyl (C=O) groups excluding carboxylic acids is 2. The molecule has 0 unspecified atom stereocenters. The molecule has 3 atom stereocenters. The van der Waals surface area contributed by atoms with Gasteiger partial charge in [0.25, 0.3) is 5.91 Å². The number of carbonyl (C=O) groups is 2. The van der Waals surface area contributed by atoms with Gasteiger partial charge in [0.2, 0.25) is 11.8 Å². The molecule has 0 saturated heterocycles. The van der Waals surface area contributed by atoms with E-state index >= 15 is 0 Å². The van der Waals surface area contributed by atoms with Gasteiger partial charge in [-0.3, -0.25) is 9.59 Å². The second-order valence-corrected chi connectivity index (χ2v) is 8.86. The molecule has 3 rings (SSSR count). The maximum absolute atomic E-state index is 13.5. The third-order valence-corrected chi connectivity index (χ3v) is 6.12. The van der Waals surface area contributed by atoms with Gasteiger partial charge in [0, 0.05) is 38.4 Å². The molecular formula is C27H33N3O6. The number of aromatic nitrogens is 1. The van der Waals surface area contributed by atoms with Crippen LogP contribution >= 0.6 is 0 Å². The van der Waals surface area contributed by atoms with Crippen molar-refractivity contribution in [2.45, 2.75) is 26.0 Å². The molecule has 2 aromatic rings. The summed E-state index contributed by atoms with van der Waals surface area (Å²) in [5.74, 6) is 6.31. The van der Waals surface area contributed by atoms with Crippen LogP contribution in [0.5, 0.6) is 11.6 Å². The standard InChI is InChI=1S/C27H33N3O6/c1-18-14-30(19(2)16-31)27(33)22-12-20(10-11-21-8-6-7-9-23(21)35-5)13-28-26(22)36-24(18)15-29(3)25(32)17-34-4/h6-9,12-13,18-19,24,31H,14-17H2,1-5H3/t18-,19+,24+/m1/s1. The lowest BCUT2D eigenvalue weighted by Crippen LogP contribution is -2.50. The zero-order chi connectivity index (χ0) is 26.2.